The van der Waals surface area contributed by atoms with Gasteiger partial charge < -0.3 is 15.6 Å². The highest BCUT2D eigenvalue weighted by atomic mass is 79.9. The van der Waals surface area contributed by atoms with Gasteiger partial charge in [0.15, 0.2) is 0 Å². The van der Waals surface area contributed by atoms with Crippen molar-refractivity contribution in [3.63, 3.8) is 0 Å². The fraction of sp³-hybridized carbons (Fsp3) is 0.625. The number of fused-ring (bicyclic) bond motifs is 2. The average molecular weight is 368 g/mol. The Kier molecular flexibility index (Phi) is 4.41. The molecule has 0 saturated heterocycles. The maximum atomic E-state index is 12.6. The van der Waals surface area contributed by atoms with Crippen LogP contribution in [0.5, 0.6) is 0 Å². The third-order valence-corrected chi connectivity index (χ3v) is 5.76. The quantitative estimate of drug-likeness (QED) is 0.841. The monoisotopic (exact) mass is 367 g/mol. The summed E-state index contributed by atoms with van der Waals surface area (Å²) in [7, 11) is 1.67. The molecule has 2 fully saturated rings. The lowest BCUT2D eigenvalue weighted by Gasteiger charge is -2.43. The number of hydrogen-bond acceptors (Lipinski definition) is 3. The van der Waals surface area contributed by atoms with Crippen LogP contribution >= 0.6 is 15.9 Å². The number of nitrogens with zero attached hydrogens (tertiary/aromatic N) is 1. The van der Waals surface area contributed by atoms with Crippen LogP contribution in [0.2, 0.25) is 0 Å². The number of anilines is 1. The molecular formula is C16H22BrN3O2. The molecule has 2 atom stereocenters. The van der Waals surface area contributed by atoms with Gasteiger partial charge in [-0.25, -0.2) is 0 Å². The molecule has 2 bridgehead atoms. The van der Waals surface area contributed by atoms with Gasteiger partial charge in [0.25, 0.3) is 5.56 Å². The number of carbonyl (C=O) groups excluding carboxylic acids is 1. The molecule has 1 heterocycles. The second-order valence-electron chi connectivity index (χ2n) is 6.68. The zero-order chi connectivity index (χ0) is 15.9. The first kappa shape index (κ1) is 15.7. The van der Waals surface area contributed by atoms with Gasteiger partial charge in [0, 0.05) is 25.2 Å². The van der Waals surface area contributed by atoms with Gasteiger partial charge in [-0.15, -0.1) is 0 Å². The van der Waals surface area contributed by atoms with E-state index in [1.807, 2.05) is 0 Å². The van der Waals surface area contributed by atoms with E-state index in [1.165, 1.54) is 11.0 Å². The molecule has 2 saturated carbocycles. The fourth-order valence-corrected chi connectivity index (χ4v) is 4.51. The van der Waals surface area contributed by atoms with Gasteiger partial charge in [0.2, 0.25) is 5.91 Å². The Balaban J connectivity index is 1.71. The number of nitrogens with two attached hydrogens (primary N) is 1. The third kappa shape index (κ3) is 2.99. The summed E-state index contributed by atoms with van der Waals surface area (Å²) in [6, 6.07) is 1.93. The predicted octanol–water partition coefficient (Wildman–Crippen LogP) is 2.24. The van der Waals surface area contributed by atoms with Crippen molar-refractivity contribution < 1.29 is 4.79 Å². The summed E-state index contributed by atoms with van der Waals surface area (Å²) in [6.07, 6.45) is 6.96. The number of rotatable bonds is 2. The Labute approximate surface area is 138 Å². The third-order valence-electron chi connectivity index (χ3n) is 5.19. The van der Waals surface area contributed by atoms with E-state index >= 15 is 0 Å². The number of aromatic nitrogens is 1. The summed E-state index contributed by atoms with van der Waals surface area (Å²) in [5, 5.41) is 2.96. The van der Waals surface area contributed by atoms with Crippen molar-refractivity contribution in [3.8, 4) is 0 Å². The Hall–Kier alpha value is -1.14. The second kappa shape index (κ2) is 6.16. The van der Waals surface area contributed by atoms with Gasteiger partial charge in [0.05, 0.1) is 10.2 Å². The van der Waals surface area contributed by atoms with E-state index in [4.69, 9.17) is 5.73 Å². The topological polar surface area (TPSA) is 77.1 Å². The predicted molar refractivity (Wildman–Crippen MR) is 89.5 cm³/mol. The standard InChI is InChI=1S/C16H22BrN3O2/c1-20-8-12(7-13(17)16(20)22)19-15(21)11-5-9-3-2-4-10(6-11)14(9)18/h7-11,14H,2-6,18H2,1H3,(H,19,21). The number of halogens is 1. The summed E-state index contributed by atoms with van der Waals surface area (Å²) in [4.78, 5) is 24.2. The Morgan fingerprint density at radius 3 is 2.59 bits per heavy atom. The lowest BCUT2D eigenvalue weighted by Crippen LogP contribution is -2.48. The molecule has 2 aliphatic rings. The Morgan fingerprint density at radius 2 is 2.00 bits per heavy atom. The normalized spacial score (nSPS) is 30.9. The van der Waals surface area contributed by atoms with Gasteiger partial charge in [-0.05, 0) is 59.5 Å². The molecular weight excluding hydrogens is 346 g/mol. The fourth-order valence-electron chi connectivity index (χ4n) is 3.99. The van der Waals surface area contributed by atoms with Crippen LogP contribution in [-0.4, -0.2) is 16.5 Å². The summed E-state index contributed by atoms with van der Waals surface area (Å²) >= 11 is 3.23. The zero-order valence-corrected chi connectivity index (χ0v) is 14.3. The molecule has 0 radical (unpaired) electrons. The minimum absolute atomic E-state index is 0.0334. The smallest absolute Gasteiger partial charge is 0.264 e. The van der Waals surface area contributed by atoms with Crippen molar-refractivity contribution in [1.29, 1.82) is 0 Å². The van der Waals surface area contributed by atoms with Crippen molar-refractivity contribution >= 4 is 27.5 Å². The van der Waals surface area contributed by atoms with Crippen LogP contribution in [-0.2, 0) is 11.8 Å². The van der Waals surface area contributed by atoms with E-state index in [1.54, 1.807) is 19.3 Å². The molecule has 6 heteroatoms. The largest absolute Gasteiger partial charge is 0.327 e. The maximum Gasteiger partial charge on any atom is 0.264 e. The molecule has 2 aliphatic carbocycles. The lowest BCUT2D eigenvalue weighted by molar-refractivity contribution is -0.122. The molecule has 1 amide bonds. The molecule has 3 N–H and O–H groups in total. The number of carbonyl (C=O) groups is 1. The lowest BCUT2D eigenvalue weighted by atomic mass is 9.65. The number of hydrogen-bond donors (Lipinski definition) is 2. The molecule has 2 unspecified atom stereocenters. The summed E-state index contributed by atoms with van der Waals surface area (Å²) < 4.78 is 1.92. The number of nitrogens with one attached hydrogen (secondary N) is 1. The van der Waals surface area contributed by atoms with Gasteiger partial charge in [-0.2, -0.15) is 0 Å². The van der Waals surface area contributed by atoms with Crippen LogP contribution in [0.1, 0.15) is 32.1 Å². The number of pyridine rings is 1. The highest BCUT2D eigenvalue weighted by molar-refractivity contribution is 9.10. The van der Waals surface area contributed by atoms with Crippen LogP contribution in [0.3, 0.4) is 0 Å². The van der Waals surface area contributed by atoms with E-state index in [0.717, 1.165) is 25.7 Å². The van der Waals surface area contributed by atoms with Gasteiger partial charge >= 0.3 is 0 Å². The van der Waals surface area contributed by atoms with Crippen molar-refractivity contribution in [1.82, 2.24) is 4.57 Å². The second-order valence-corrected chi connectivity index (χ2v) is 7.53. The van der Waals surface area contributed by atoms with E-state index in [2.05, 4.69) is 21.2 Å². The molecule has 3 rings (SSSR count). The van der Waals surface area contributed by atoms with Crippen LogP contribution in [0.25, 0.3) is 0 Å². The molecule has 1 aromatic heterocycles. The molecule has 0 spiro atoms. The first-order valence-electron chi connectivity index (χ1n) is 7.88. The van der Waals surface area contributed by atoms with Crippen molar-refractivity contribution in [2.45, 2.75) is 38.1 Å². The van der Waals surface area contributed by atoms with Crippen molar-refractivity contribution in [2.24, 2.45) is 30.5 Å². The van der Waals surface area contributed by atoms with E-state index in [9.17, 15) is 9.59 Å². The highest BCUT2D eigenvalue weighted by Crippen LogP contribution is 2.42. The summed E-state index contributed by atoms with van der Waals surface area (Å²) in [5.41, 5.74) is 6.82. The molecule has 5 nitrogen and oxygen atoms in total. The van der Waals surface area contributed by atoms with E-state index < -0.39 is 0 Å². The minimum atomic E-state index is -0.115. The van der Waals surface area contributed by atoms with Crippen LogP contribution in [0.15, 0.2) is 21.5 Å². The number of amides is 1. The Morgan fingerprint density at radius 1 is 1.36 bits per heavy atom. The first-order valence-corrected chi connectivity index (χ1v) is 8.67. The Bertz CT molecular complexity index is 603. The highest BCUT2D eigenvalue weighted by Gasteiger charge is 2.40. The average Bonchev–Trinajstić information content (AvgIpc) is 2.44. The van der Waals surface area contributed by atoms with Gasteiger partial charge in [-0.1, -0.05) is 6.42 Å². The van der Waals surface area contributed by atoms with Crippen LogP contribution < -0.4 is 16.6 Å². The molecule has 0 aliphatic heterocycles. The van der Waals surface area contributed by atoms with E-state index in [0.29, 0.717) is 22.0 Å². The summed E-state index contributed by atoms with van der Waals surface area (Å²) in [5.74, 6) is 1.05. The van der Waals surface area contributed by atoms with Crippen LogP contribution in [0, 0.1) is 17.8 Å². The molecule has 1 aromatic rings. The molecule has 0 aromatic carbocycles. The van der Waals surface area contributed by atoms with E-state index in [-0.39, 0.29) is 23.4 Å². The molecule has 22 heavy (non-hydrogen) atoms. The minimum Gasteiger partial charge on any atom is -0.327 e. The van der Waals surface area contributed by atoms with Crippen molar-refractivity contribution in [3.05, 3.63) is 27.1 Å². The van der Waals surface area contributed by atoms with Gasteiger partial charge in [0.1, 0.15) is 0 Å². The van der Waals surface area contributed by atoms with Gasteiger partial charge in [-0.3, -0.25) is 9.59 Å². The van der Waals surface area contributed by atoms with Crippen LogP contribution in [0.4, 0.5) is 5.69 Å². The summed E-state index contributed by atoms with van der Waals surface area (Å²) in [6.45, 7) is 0. The maximum absolute atomic E-state index is 12.6. The first-order chi connectivity index (χ1) is 10.5. The number of aryl methyl sites for hydroxylation is 1. The van der Waals surface area contributed by atoms with Crippen molar-refractivity contribution in [2.75, 3.05) is 5.32 Å². The zero-order valence-electron chi connectivity index (χ0n) is 12.7. The SMILES string of the molecule is Cn1cc(NC(=O)C2CC3CCCC(C2)C3N)cc(Br)c1=O. The molecule has 120 valence electrons.